The first-order chi connectivity index (χ1) is 9.66. The van der Waals surface area contributed by atoms with Crippen LogP contribution in [0.1, 0.15) is 22.3 Å². The maximum Gasteiger partial charge on any atom is 0.416 e. The average Bonchev–Trinajstić information content (AvgIpc) is 2.35. The van der Waals surface area contributed by atoms with Crippen LogP contribution in [0.15, 0.2) is 18.2 Å². The molecule has 0 aromatic heterocycles. The minimum atomic E-state index is -4.67. The zero-order valence-electron chi connectivity index (χ0n) is 11.6. The Morgan fingerprint density at radius 3 is 2.38 bits per heavy atom. The highest BCUT2D eigenvalue weighted by Gasteiger charge is 2.32. The fourth-order valence-corrected chi connectivity index (χ4v) is 1.93. The topological polar surface area (TPSA) is 37.4 Å². The smallest absolute Gasteiger partial charge is 0.309 e. The third-order valence-electron chi connectivity index (χ3n) is 2.90. The molecule has 1 unspecified atom stereocenters. The number of hydrogen-bond donors (Lipinski definition) is 0. The third kappa shape index (κ3) is 4.63. The highest BCUT2D eigenvalue weighted by Crippen LogP contribution is 2.30. The van der Waals surface area contributed by atoms with E-state index in [1.165, 1.54) is 0 Å². The quantitative estimate of drug-likeness (QED) is 0.461. The Kier molecular flexibility index (Phi) is 5.60. The minimum absolute atomic E-state index is 0.114. The van der Waals surface area contributed by atoms with Crippen molar-refractivity contribution in [2.75, 3.05) is 20.6 Å². The molecule has 21 heavy (non-hydrogen) atoms. The summed E-state index contributed by atoms with van der Waals surface area (Å²) in [5, 5.41) is 0. The van der Waals surface area contributed by atoms with Crippen molar-refractivity contribution in [1.29, 1.82) is 0 Å². The summed E-state index contributed by atoms with van der Waals surface area (Å²) in [6.45, 7) is 0.206. The van der Waals surface area contributed by atoms with Crippen molar-refractivity contribution >= 4 is 12.1 Å². The van der Waals surface area contributed by atoms with Crippen LogP contribution in [-0.2, 0) is 11.0 Å². The molecule has 0 amide bonds. The van der Waals surface area contributed by atoms with Gasteiger partial charge in [0, 0.05) is 18.9 Å². The number of aldehydes is 1. The van der Waals surface area contributed by atoms with Gasteiger partial charge >= 0.3 is 6.18 Å². The predicted molar refractivity (Wildman–Crippen MR) is 68.5 cm³/mol. The molecule has 116 valence electrons. The molecule has 7 heteroatoms. The number of alkyl halides is 3. The van der Waals surface area contributed by atoms with E-state index in [-0.39, 0.29) is 13.0 Å². The zero-order chi connectivity index (χ0) is 16.2. The van der Waals surface area contributed by atoms with Crippen LogP contribution < -0.4 is 0 Å². The number of carbonyl (C=O) groups excluding carboxylic acids is 2. The second-order valence-corrected chi connectivity index (χ2v) is 4.92. The number of benzene rings is 1. The number of rotatable bonds is 6. The van der Waals surface area contributed by atoms with E-state index in [0.717, 1.165) is 6.07 Å². The summed E-state index contributed by atoms with van der Waals surface area (Å²) in [7, 11) is 3.35. The van der Waals surface area contributed by atoms with Gasteiger partial charge in [0.2, 0.25) is 0 Å². The van der Waals surface area contributed by atoms with Crippen LogP contribution in [0, 0.1) is 11.7 Å². The molecule has 0 aliphatic heterocycles. The van der Waals surface area contributed by atoms with E-state index in [0.29, 0.717) is 18.4 Å². The maximum atomic E-state index is 13.7. The largest absolute Gasteiger partial charge is 0.416 e. The molecule has 0 heterocycles. The van der Waals surface area contributed by atoms with Gasteiger partial charge in [0.25, 0.3) is 0 Å². The molecule has 1 atom stereocenters. The summed E-state index contributed by atoms with van der Waals surface area (Å²) in [5.74, 6) is -2.70. The van der Waals surface area contributed by atoms with Gasteiger partial charge in [-0.05, 0) is 32.3 Å². The molecule has 0 saturated heterocycles. The Morgan fingerprint density at radius 1 is 1.33 bits per heavy atom. The van der Waals surface area contributed by atoms with E-state index in [4.69, 9.17) is 0 Å². The second-order valence-electron chi connectivity index (χ2n) is 4.92. The summed E-state index contributed by atoms with van der Waals surface area (Å²) < 4.78 is 51.1. The number of ketones is 1. The zero-order valence-corrected chi connectivity index (χ0v) is 11.6. The lowest BCUT2D eigenvalue weighted by molar-refractivity contribution is -0.137. The lowest BCUT2D eigenvalue weighted by atomic mass is 9.93. The average molecular weight is 305 g/mol. The summed E-state index contributed by atoms with van der Waals surface area (Å²) in [5.41, 5.74) is -1.59. The van der Waals surface area contributed by atoms with E-state index in [2.05, 4.69) is 0 Å². The summed E-state index contributed by atoms with van der Waals surface area (Å²) in [6.07, 6.45) is -4.25. The van der Waals surface area contributed by atoms with Gasteiger partial charge in [-0.3, -0.25) is 4.79 Å². The van der Waals surface area contributed by atoms with Crippen LogP contribution >= 0.6 is 0 Å². The van der Waals surface area contributed by atoms with Gasteiger partial charge in [-0.1, -0.05) is 0 Å². The van der Waals surface area contributed by atoms with Gasteiger partial charge < -0.3 is 9.69 Å². The summed E-state index contributed by atoms with van der Waals surface area (Å²) >= 11 is 0. The van der Waals surface area contributed by atoms with Crippen LogP contribution in [0.25, 0.3) is 0 Å². The van der Waals surface area contributed by atoms with E-state index in [1.807, 2.05) is 0 Å². The predicted octanol–water partition coefficient (Wildman–Crippen LogP) is 2.79. The molecule has 0 aliphatic rings. The van der Waals surface area contributed by atoms with Gasteiger partial charge in [-0.25, -0.2) is 4.39 Å². The molecule has 0 bridgehead atoms. The molecule has 1 aromatic rings. The molecule has 0 radical (unpaired) electrons. The van der Waals surface area contributed by atoms with E-state index < -0.39 is 34.8 Å². The number of halogens is 4. The third-order valence-corrected chi connectivity index (χ3v) is 2.90. The fraction of sp³-hybridized carbons (Fsp3) is 0.429. The second kappa shape index (κ2) is 6.80. The molecule has 0 spiro atoms. The molecule has 0 saturated carbocycles. The molecule has 0 N–H and O–H groups in total. The number of nitrogens with zero attached hydrogens (tertiary/aromatic N) is 1. The Morgan fingerprint density at radius 2 is 1.95 bits per heavy atom. The molecule has 1 aromatic carbocycles. The summed E-state index contributed by atoms with van der Waals surface area (Å²) in [4.78, 5) is 24.4. The van der Waals surface area contributed by atoms with Crippen LogP contribution in [0.2, 0.25) is 0 Å². The Bertz CT molecular complexity index is 526. The first-order valence-corrected chi connectivity index (χ1v) is 6.16. The molecule has 3 nitrogen and oxygen atoms in total. The van der Waals surface area contributed by atoms with Crippen molar-refractivity contribution in [3.05, 3.63) is 35.1 Å². The van der Waals surface area contributed by atoms with Crippen molar-refractivity contribution in [1.82, 2.24) is 4.90 Å². The normalized spacial score (nSPS) is 13.3. The van der Waals surface area contributed by atoms with E-state index in [9.17, 15) is 27.2 Å². The number of hydrogen-bond acceptors (Lipinski definition) is 3. The first-order valence-electron chi connectivity index (χ1n) is 6.16. The van der Waals surface area contributed by atoms with E-state index >= 15 is 0 Å². The number of Topliss-reactive ketones (excluding diaryl/α,β-unsaturated/α-hetero) is 1. The monoisotopic (exact) mass is 305 g/mol. The van der Waals surface area contributed by atoms with Crippen molar-refractivity contribution in [2.24, 2.45) is 5.92 Å². The molecule has 1 rings (SSSR count). The van der Waals surface area contributed by atoms with Crippen LogP contribution in [0.3, 0.4) is 0 Å². The standard InChI is InChI=1S/C14H15F4NO2/c1-19(2)8-9(5-6-20)13(21)11-4-3-10(7-12(11)15)14(16,17)18/h3-4,6-7,9H,5,8H2,1-2H3. The molecule has 0 fully saturated rings. The van der Waals surface area contributed by atoms with Crippen molar-refractivity contribution in [3.8, 4) is 0 Å². The van der Waals surface area contributed by atoms with E-state index in [1.54, 1.807) is 19.0 Å². The van der Waals surface area contributed by atoms with Crippen molar-refractivity contribution in [3.63, 3.8) is 0 Å². The lowest BCUT2D eigenvalue weighted by Gasteiger charge is -2.18. The molecule has 0 aliphatic carbocycles. The van der Waals surface area contributed by atoms with Gasteiger partial charge in [0.1, 0.15) is 12.1 Å². The molecular weight excluding hydrogens is 290 g/mol. The summed E-state index contributed by atoms with van der Waals surface area (Å²) in [6, 6.07) is 1.76. The van der Waals surface area contributed by atoms with Crippen LogP contribution in [0.5, 0.6) is 0 Å². The Hall–Kier alpha value is -1.76. The Balaban J connectivity index is 3.08. The SMILES string of the molecule is CN(C)CC(CC=O)C(=O)c1ccc(C(F)(F)F)cc1F. The Labute approximate surface area is 119 Å². The van der Waals surface area contributed by atoms with Gasteiger partial charge in [0.05, 0.1) is 11.1 Å². The van der Waals surface area contributed by atoms with Gasteiger partial charge in [-0.2, -0.15) is 13.2 Å². The highest BCUT2D eigenvalue weighted by atomic mass is 19.4. The van der Waals surface area contributed by atoms with Crippen molar-refractivity contribution < 1.29 is 27.2 Å². The maximum absolute atomic E-state index is 13.7. The fourth-order valence-electron chi connectivity index (χ4n) is 1.93. The molecular formula is C14H15F4NO2. The number of carbonyl (C=O) groups is 2. The van der Waals surface area contributed by atoms with Crippen LogP contribution in [-0.4, -0.2) is 37.6 Å². The lowest BCUT2D eigenvalue weighted by Crippen LogP contribution is -2.29. The van der Waals surface area contributed by atoms with Crippen molar-refractivity contribution in [2.45, 2.75) is 12.6 Å². The minimum Gasteiger partial charge on any atom is -0.309 e. The highest BCUT2D eigenvalue weighted by molar-refractivity contribution is 5.99. The van der Waals surface area contributed by atoms with Gasteiger partial charge in [0.15, 0.2) is 5.78 Å². The van der Waals surface area contributed by atoms with Gasteiger partial charge in [-0.15, -0.1) is 0 Å². The van der Waals surface area contributed by atoms with Crippen LogP contribution in [0.4, 0.5) is 17.6 Å². The first kappa shape index (κ1) is 17.3.